The quantitative estimate of drug-likeness (QED) is 0.786. The number of carbonyl (C=O) groups is 1. The van der Waals surface area contributed by atoms with Crippen LogP contribution in [0.2, 0.25) is 0 Å². The van der Waals surface area contributed by atoms with E-state index in [1.165, 1.54) is 31.2 Å². The monoisotopic (exact) mass is 298 g/mol. The van der Waals surface area contributed by atoms with Crippen LogP contribution >= 0.6 is 0 Å². The molecule has 0 aromatic heterocycles. The molecule has 1 aromatic carbocycles. The highest BCUT2D eigenvalue weighted by molar-refractivity contribution is 7.93. The third-order valence-electron chi connectivity index (χ3n) is 2.64. The topological polar surface area (TPSA) is 119 Å². The van der Waals surface area contributed by atoms with Gasteiger partial charge in [-0.25, -0.2) is 13.2 Å². The lowest BCUT2D eigenvalue weighted by atomic mass is 10.2. The van der Waals surface area contributed by atoms with Gasteiger partial charge in [0.15, 0.2) is 5.25 Å². The number of hydrogen-bond acceptors (Lipinski definition) is 5. The van der Waals surface area contributed by atoms with Gasteiger partial charge in [0.25, 0.3) is 10.0 Å². The summed E-state index contributed by atoms with van der Waals surface area (Å²) in [4.78, 5) is 10.7. The van der Waals surface area contributed by atoms with Crippen molar-refractivity contribution in [2.45, 2.75) is 12.2 Å². The Morgan fingerprint density at radius 1 is 1.40 bits per heavy atom. The highest BCUT2D eigenvalue weighted by Gasteiger charge is 2.28. The van der Waals surface area contributed by atoms with Crippen molar-refractivity contribution in [3.05, 3.63) is 29.8 Å². The third-order valence-corrected chi connectivity index (χ3v) is 4.65. The van der Waals surface area contributed by atoms with E-state index in [0.29, 0.717) is 0 Å². The first-order valence-corrected chi connectivity index (χ1v) is 7.20. The molecule has 0 aliphatic carbocycles. The lowest BCUT2D eigenvalue weighted by Crippen LogP contribution is -2.39. The van der Waals surface area contributed by atoms with Crippen LogP contribution in [-0.4, -0.2) is 43.0 Å². The summed E-state index contributed by atoms with van der Waals surface area (Å²) < 4.78 is 25.2. The second-order valence-corrected chi connectivity index (χ2v) is 6.14. The van der Waals surface area contributed by atoms with E-state index in [1.54, 1.807) is 6.07 Å². The molecule has 1 rings (SSSR count). The molecule has 0 saturated heterocycles. The summed E-state index contributed by atoms with van der Waals surface area (Å²) in [5, 5.41) is 25.2. The number of aromatic carboxylic acids is 1. The number of carboxylic acid groups (broad SMARTS) is 1. The molecule has 20 heavy (non-hydrogen) atoms. The number of aliphatic hydroxyl groups excluding tert-OH is 1. The van der Waals surface area contributed by atoms with Crippen molar-refractivity contribution >= 4 is 21.7 Å². The number of carboxylic acids is 1. The standard InChI is InChI=1S/C12H14N2O5S/c1-9(8-13)20(18,19)14(6-7-15)11-4-2-10(3-5-11)12(16)17/h2-5,9,15H,6-7H2,1H3,(H,16,17). The Balaban J connectivity index is 3.21. The van der Waals surface area contributed by atoms with Crippen LogP contribution < -0.4 is 4.31 Å². The molecule has 0 spiro atoms. The first-order valence-electron chi connectivity index (χ1n) is 5.70. The van der Waals surface area contributed by atoms with E-state index in [4.69, 9.17) is 15.5 Å². The van der Waals surface area contributed by atoms with Gasteiger partial charge in [-0.3, -0.25) is 4.31 Å². The fourth-order valence-electron chi connectivity index (χ4n) is 1.52. The van der Waals surface area contributed by atoms with Crippen molar-refractivity contribution in [1.82, 2.24) is 0 Å². The Hall–Kier alpha value is -2.11. The van der Waals surface area contributed by atoms with Crippen molar-refractivity contribution in [2.24, 2.45) is 0 Å². The summed E-state index contributed by atoms with van der Waals surface area (Å²) in [5.41, 5.74) is 0.217. The maximum atomic E-state index is 12.1. The van der Waals surface area contributed by atoms with Crippen LogP contribution in [0.4, 0.5) is 5.69 Å². The first-order chi connectivity index (χ1) is 9.34. The largest absolute Gasteiger partial charge is 0.478 e. The highest BCUT2D eigenvalue weighted by Crippen LogP contribution is 2.21. The van der Waals surface area contributed by atoms with E-state index in [-0.39, 0.29) is 17.8 Å². The molecule has 0 bridgehead atoms. The fraction of sp³-hybridized carbons (Fsp3) is 0.333. The lowest BCUT2D eigenvalue weighted by Gasteiger charge is -2.24. The summed E-state index contributed by atoms with van der Waals surface area (Å²) in [6.45, 7) is 0.615. The number of nitrogens with zero attached hydrogens (tertiary/aromatic N) is 2. The van der Waals surface area contributed by atoms with Crippen LogP contribution in [0.25, 0.3) is 0 Å². The molecule has 0 radical (unpaired) electrons. The minimum Gasteiger partial charge on any atom is -0.478 e. The number of sulfonamides is 1. The molecule has 0 aliphatic heterocycles. The van der Waals surface area contributed by atoms with Gasteiger partial charge in [0.05, 0.1) is 30.5 Å². The number of aliphatic hydroxyl groups is 1. The third kappa shape index (κ3) is 3.26. The minimum absolute atomic E-state index is 0.0171. The molecule has 1 aromatic rings. The molecule has 108 valence electrons. The van der Waals surface area contributed by atoms with Crippen LogP contribution in [0.15, 0.2) is 24.3 Å². The van der Waals surface area contributed by atoms with Gasteiger partial charge in [-0.1, -0.05) is 0 Å². The van der Waals surface area contributed by atoms with E-state index < -0.39 is 27.8 Å². The molecule has 0 amide bonds. The number of anilines is 1. The van der Waals surface area contributed by atoms with Crippen molar-refractivity contribution in [1.29, 1.82) is 5.26 Å². The molecule has 1 atom stereocenters. The molecule has 0 aliphatic rings. The van der Waals surface area contributed by atoms with Gasteiger partial charge in [0, 0.05) is 0 Å². The summed E-state index contributed by atoms with van der Waals surface area (Å²) >= 11 is 0. The molecule has 0 saturated carbocycles. The molecule has 2 N–H and O–H groups in total. The first kappa shape index (κ1) is 15.9. The Morgan fingerprint density at radius 3 is 2.35 bits per heavy atom. The van der Waals surface area contributed by atoms with Crippen molar-refractivity contribution in [3.8, 4) is 6.07 Å². The summed E-state index contributed by atoms with van der Waals surface area (Å²) in [7, 11) is -3.93. The number of benzene rings is 1. The second-order valence-electron chi connectivity index (χ2n) is 3.96. The van der Waals surface area contributed by atoms with Gasteiger partial charge in [-0.15, -0.1) is 0 Å². The smallest absolute Gasteiger partial charge is 0.335 e. The zero-order valence-corrected chi connectivity index (χ0v) is 11.5. The van der Waals surface area contributed by atoms with E-state index in [9.17, 15) is 13.2 Å². The summed E-state index contributed by atoms with van der Waals surface area (Å²) in [5.74, 6) is -1.13. The maximum Gasteiger partial charge on any atom is 0.335 e. The molecular formula is C12H14N2O5S. The van der Waals surface area contributed by atoms with Gasteiger partial charge in [0.2, 0.25) is 0 Å². The Morgan fingerprint density at radius 2 is 1.95 bits per heavy atom. The normalized spacial score (nSPS) is 12.4. The van der Waals surface area contributed by atoms with E-state index in [0.717, 1.165) is 4.31 Å². The lowest BCUT2D eigenvalue weighted by molar-refractivity contribution is 0.0697. The number of nitriles is 1. The van der Waals surface area contributed by atoms with E-state index in [1.807, 2.05) is 0 Å². The minimum atomic E-state index is -3.93. The zero-order valence-electron chi connectivity index (χ0n) is 10.7. The van der Waals surface area contributed by atoms with Crippen molar-refractivity contribution in [3.63, 3.8) is 0 Å². The zero-order chi connectivity index (χ0) is 15.3. The van der Waals surface area contributed by atoms with E-state index in [2.05, 4.69) is 0 Å². The van der Waals surface area contributed by atoms with Gasteiger partial charge in [-0.2, -0.15) is 5.26 Å². The number of hydrogen-bond donors (Lipinski definition) is 2. The number of rotatable bonds is 6. The van der Waals surface area contributed by atoms with Gasteiger partial charge < -0.3 is 10.2 Å². The fourth-order valence-corrected chi connectivity index (χ4v) is 2.79. The second kappa shape index (κ2) is 6.36. The van der Waals surface area contributed by atoms with Crippen LogP contribution in [0.3, 0.4) is 0 Å². The SMILES string of the molecule is CC(C#N)S(=O)(=O)N(CCO)c1ccc(C(=O)O)cc1. The Labute approximate surface area is 116 Å². The van der Waals surface area contributed by atoms with Crippen molar-refractivity contribution < 1.29 is 23.4 Å². The van der Waals surface area contributed by atoms with Gasteiger partial charge >= 0.3 is 5.97 Å². The van der Waals surface area contributed by atoms with Crippen LogP contribution in [0, 0.1) is 11.3 Å². The Kier molecular flexibility index (Phi) is 5.07. The predicted molar refractivity (Wildman–Crippen MR) is 71.8 cm³/mol. The van der Waals surface area contributed by atoms with Crippen LogP contribution in [0.5, 0.6) is 0 Å². The van der Waals surface area contributed by atoms with Crippen molar-refractivity contribution in [2.75, 3.05) is 17.5 Å². The van der Waals surface area contributed by atoms with Gasteiger partial charge in [0.1, 0.15) is 0 Å². The molecule has 8 heteroatoms. The predicted octanol–water partition coefficient (Wildman–Crippen LogP) is 0.425. The molecule has 7 nitrogen and oxygen atoms in total. The molecule has 0 heterocycles. The molecule has 1 unspecified atom stereocenters. The van der Waals surface area contributed by atoms with Gasteiger partial charge in [-0.05, 0) is 31.2 Å². The highest BCUT2D eigenvalue weighted by atomic mass is 32.2. The molecule has 0 fully saturated rings. The maximum absolute atomic E-state index is 12.1. The average Bonchev–Trinajstić information content (AvgIpc) is 2.43. The van der Waals surface area contributed by atoms with Crippen LogP contribution in [-0.2, 0) is 10.0 Å². The average molecular weight is 298 g/mol. The van der Waals surface area contributed by atoms with Crippen LogP contribution in [0.1, 0.15) is 17.3 Å². The molecular weight excluding hydrogens is 284 g/mol. The Bertz CT molecular complexity index is 618. The summed E-state index contributed by atoms with van der Waals surface area (Å²) in [6, 6.07) is 6.80. The van der Waals surface area contributed by atoms with E-state index >= 15 is 0 Å². The summed E-state index contributed by atoms with van der Waals surface area (Å²) in [6.07, 6.45) is 0.